The first-order valence-corrected chi connectivity index (χ1v) is 7.32. The maximum Gasteiger partial charge on any atom is 0.234 e. The Hall–Kier alpha value is -0.550. The van der Waals surface area contributed by atoms with E-state index in [1.165, 1.54) is 0 Å². The van der Waals surface area contributed by atoms with Crippen molar-refractivity contribution in [2.24, 2.45) is 0 Å². The Bertz CT molecular complexity index is 371. The van der Waals surface area contributed by atoms with Crippen LogP contribution in [0.3, 0.4) is 0 Å². The van der Waals surface area contributed by atoms with E-state index < -0.39 is 0 Å². The summed E-state index contributed by atoms with van der Waals surface area (Å²) in [5.74, 6) is 0.787. The highest BCUT2D eigenvalue weighted by Crippen LogP contribution is 2.17. The molecule has 1 rings (SSSR count). The standard InChI is InChI=1S/C12H15Br2NO2/c1-17-11-5-3-2-4-9(11)8-15-12(16)10(14)6-7-13/h2-5,10H,6-8H2,1H3,(H,15,16)/t10-/m0/s1. The van der Waals surface area contributed by atoms with Crippen LogP contribution in [0, 0.1) is 0 Å². The van der Waals surface area contributed by atoms with E-state index in [9.17, 15) is 4.79 Å². The molecule has 5 heteroatoms. The quantitative estimate of drug-likeness (QED) is 0.788. The van der Waals surface area contributed by atoms with Crippen molar-refractivity contribution < 1.29 is 9.53 Å². The third-order valence-corrected chi connectivity index (χ3v) is 3.62. The lowest BCUT2D eigenvalue weighted by atomic mass is 10.2. The van der Waals surface area contributed by atoms with E-state index in [1.54, 1.807) is 7.11 Å². The van der Waals surface area contributed by atoms with Crippen molar-refractivity contribution in [2.75, 3.05) is 12.4 Å². The van der Waals surface area contributed by atoms with Crippen LogP contribution in [-0.2, 0) is 11.3 Å². The van der Waals surface area contributed by atoms with Gasteiger partial charge in [0.15, 0.2) is 0 Å². The van der Waals surface area contributed by atoms with Crippen molar-refractivity contribution >= 4 is 37.8 Å². The van der Waals surface area contributed by atoms with Gasteiger partial charge in [0.05, 0.1) is 11.9 Å². The molecule has 0 aliphatic rings. The van der Waals surface area contributed by atoms with E-state index in [2.05, 4.69) is 37.2 Å². The minimum atomic E-state index is -0.156. The van der Waals surface area contributed by atoms with Gasteiger partial charge in [-0.15, -0.1) is 0 Å². The molecule has 0 bridgehead atoms. The molecule has 0 aliphatic heterocycles. The van der Waals surface area contributed by atoms with Crippen LogP contribution in [-0.4, -0.2) is 23.2 Å². The lowest BCUT2D eigenvalue weighted by Crippen LogP contribution is -2.30. The summed E-state index contributed by atoms with van der Waals surface area (Å²) in [7, 11) is 1.62. The van der Waals surface area contributed by atoms with Crippen LogP contribution in [0.15, 0.2) is 24.3 Å². The van der Waals surface area contributed by atoms with Gasteiger partial charge in [-0.25, -0.2) is 0 Å². The van der Waals surface area contributed by atoms with E-state index in [1.807, 2.05) is 24.3 Å². The third-order valence-electron chi connectivity index (χ3n) is 2.29. The van der Waals surface area contributed by atoms with Crippen molar-refractivity contribution in [3.63, 3.8) is 0 Å². The maximum atomic E-state index is 11.7. The van der Waals surface area contributed by atoms with Crippen LogP contribution in [0.1, 0.15) is 12.0 Å². The molecule has 1 N–H and O–H groups in total. The molecule has 0 fully saturated rings. The van der Waals surface area contributed by atoms with E-state index in [4.69, 9.17) is 4.74 Å². The number of hydrogen-bond donors (Lipinski definition) is 1. The van der Waals surface area contributed by atoms with Crippen molar-refractivity contribution in [2.45, 2.75) is 17.8 Å². The minimum absolute atomic E-state index is 0.00430. The molecular weight excluding hydrogens is 350 g/mol. The average Bonchev–Trinajstić information content (AvgIpc) is 2.36. The smallest absolute Gasteiger partial charge is 0.234 e. The number of carbonyl (C=O) groups excluding carboxylic acids is 1. The largest absolute Gasteiger partial charge is 0.496 e. The molecule has 0 radical (unpaired) electrons. The SMILES string of the molecule is COc1ccccc1CNC(=O)[C@@H](Br)CCBr. The highest BCUT2D eigenvalue weighted by Gasteiger charge is 2.13. The minimum Gasteiger partial charge on any atom is -0.496 e. The summed E-state index contributed by atoms with van der Waals surface area (Å²) in [6.07, 6.45) is 0.762. The van der Waals surface area contributed by atoms with E-state index >= 15 is 0 Å². The van der Waals surface area contributed by atoms with Crippen LogP contribution >= 0.6 is 31.9 Å². The first kappa shape index (κ1) is 14.5. The molecule has 17 heavy (non-hydrogen) atoms. The summed E-state index contributed by atoms with van der Waals surface area (Å²) in [4.78, 5) is 11.5. The fraction of sp³-hybridized carbons (Fsp3) is 0.417. The topological polar surface area (TPSA) is 38.3 Å². The van der Waals surface area contributed by atoms with Crippen molar-refractivity contribution in [3.8, 4) is 5.75 Å². The van der Waals surface area contributed by atoms with Crippen molar-refractivity contribution in [3.05, 3.63) is 29.8 Å². The first-order chi connectivity index (χ1) is 8.19. The van der Waals surface area contributed by atoms with Crippen LogP contribution < -0.4 is 10.1 Å². The average molecular weight is 365 g/mol. The molecule has 0 heterocycles. The monoisotopic (exact) mass is 363 g/mol. The summed E-state index contributed by atoms with van der Waals surface area (Å²) in [6.45, 7) is 0.479. The Morgan fingerprint density at radius 3 is 2.82 bits per heavy atom. The molecule has 0 saturated heterocycles. The number of methoxy groups -OCH3 is 1. The molecule has 1 amide bonds. The number of rotatable bonds is 6. The van der Waals surface area contributed by atoms with Gasteiger partial charge in [0, 0.05) is 17.4 Å². The number of alkyl halides is 2. The van der Waals surface area contributed by atoms with Crippen molar-refractivity contribution in [1.29, 1.82) is 0 Å². The number of ether oxygens (including phenoxy) is 1. The normalized spacial score (nSPS) is 11.9. The lowest BCUT2D eigenvalue weighted by molar-refractivity contribution is -0.120. The molecule has 0 aliphatic carbocycles. The number of hydrogen-bond acceptors (Lipinski definition) is 2. The Kier molecular flexibility index (Phi) is 6.58. The summed E-state index contributed by atoms with van der Waals surface area (Å²) < 4.78 is 5.22. The van der Waals surface area contributed by atoms with Gasteiger partial charge in [0.25, 0.3) is 0 Å². The maximum absolute atomic E-state index is 11.7. The number of carbonyl (C=O) groups is 1. The lowest BCUT2D eigenvalue weighted by Gasteiger charge is -2.11. The summed E-state index contributed by atoms with van der Waals surface area (Å²) in [5, 5.41) is 3.67. The number of para-hydroxylation sites is 1. The predicted molar refractivity (Wildman–Crippen MR) is 76.0 cm³/mol. The van der Waals surface area contributed by atoms with Crippen LogP contribution in [0.25, 0.3) is 0 Å². The molecule has 1 aromatic carbocycles. The second kappa shape index (κ2) is 7.71. The van der Waals surface area contributed by atoms with Gasteiger partial charge in [0.2, 0.25) is 5.91 Å². The number of nitrogens with one attached hydrogen (secondary N) is 1. The fourth-order valence-corrected chi connectivity index (χ4v) is 2.83. The van der Waals surface area contributed by atoms with Crippen LogP contribution in [0.5, 0.6) is 5.75 Å². The molecule has 0 spiro atoms. The summed E-state index contributed by atoms with van der Waals surface area (Å²) in [6, 6.07) is 7.65. The second-order valence-electron chi connectivity index (χ2n) is 3.47. The van der Waals surface area contributed by atoms with Gasteiger partial charge >= 0.3 is 0 Å². The van der Waals surface area contributed by atoms with E-state index in [-0.39, 0.29) is 10.7 Å². The van der Waals surface area contributed by atoms with Gasteiger partial charge in [-0.1, -0.05) is 50.1 Å². The van der Waals surface area contributed by atoms with E-state index in [0.717, 1.165) is 23.1 Å². The Balaban J connectivity index is 2.52. The van der Waals surface area contributed by atoms with Crippen molar-refractivity contribution in [1.82, 2.24) is 5.32 Å². The Labute approximate surface area is 118 Å². The molecule has 94 valence electrons. The van der Waals surface area contributed by atoms with Gasteiger partial charge in [-0.3, -0.25) is 4.79 Å². The second-order valence-corrected chi connectivity index (χ2v) is 5.37. The highest BCUT2D eigenvalue weighted by atomic mass is 79.9. The fourth-order valence-electron chi connectivity index (χ4n) is 1.37. The number of benzene rings is 1. The highest BCUT2D eigenvalue weighted by molar-refractivity contribution is 9.10. The van der Waals surface area contributed by atoms with Gasteiger partial charge < -0.3 is 10.1 Å². The zero-order valence-corrected chi connectivity index (χ0v) is 12.8. The Morgan fingerprint density at radius 2 is 2.18 bits per heavy atom. The zero-order valence-electron chi connectivity index (χ0n) is 9.58. The predicted octanol–water partition coefficient (Wildman–Crippen LogP) is 2.86. The van der Waals surface area contributed by atoms with Gasteiger partial charge in [-0.05, 0) is 12.5 Å². The number of amides is 1. The molecule has 1 aromatic rings. The van der Waals surface area contributed by atoms with Gasteiger partial charge in [0.1, 0.15) is 5.75 Å². The molecule has 3 nitrogen and oxygen atoms in total. The summed E-state index contributed by atoms with van der Waals surface area (Å²) in [5.41, 5.74) is 0.974. The molecule has 0 unspecified atom stereocenters. The summed E-state index contributed by atoms with van der Waals surface area (Å²) >= 11 is 6.65. The van der Waals surface area contributed by atoms with Crippen LogP contribution in [0.4, 0.5) is 0 Å². The Morgan fingerprint density at radius 1 is 1.47 bits per heavy atom. The first-order valence-electron chi connectivity index (χ1n) is 5.28. The zero-order chi connectivity index (χ0) is 12.7. The van der Waals surface area contributed by atoms with Gasteiger partial charge in [-0.2, -0.15) is 0 Å². The molecule has 0 aromatic heterocycles. The van der Waals surface area contributed by atoms with E-state index in [0.29, 0.717) is 6.54 Å². The number of halogens is 2. The van der Waals surface area contributed by atoms with Crippen LogP contribution in [0.2, 0.25) is 0 Å². The molecular formula is C12H15Br2NO2. The molecule has 1 atom stereocenters. The molecule has 0 saturated carbocycles. The third kappa shape index (κ3) is 4.68.